The Morgan fingerprint density at radius 1 is 1.19 bits per heavy atom. The van der Waals surface area contributed by atoms with Gasteiger partial charge in [0.05, 0.1) is 19.6 Å². The smallest absolute Gasteiger partial charge is 0.227 e. The summed E-state index contributed by atoms with van der Waals surface area (Å²) < 4.78 is 5.81. The van der Waals surface area contributed by atoms with E-state index in [9.17, 15) is 9.90 Å². The average molecular weight is 388 g/mol. The van der Waals surface area contributed by atoms with Crippen LogP contribution in [0, 0.1) is 5.41 Å². The van der Waals surface area contributed by atoms with Gasteiger partial charge in [-0.3, -0.25) is 4.79 Å². The molecule has 27 heavy (non-hydrogen) atoms. The summed E-state index contributed by atoms with van der Waals surface area (Å²) in [6, 6.07) is 17.1. The quantitative estimate of drug-likeness (QED) is 0.782. The zero-order chi connectivity index (χ0) is 19.1. The summed E-state index contributed by atoms with van der Waals surface area (Å²) in [6.07, 6.45) is 2.86. The van der Waals surface area contributed by atoms with Crippen molar-refractivity contribution in [3.05, 3.63) is 65.2 Å². The van der Waals surface area contributed by atoms with Crippen LogP contribution in [-0.4, -0.2) is 42.2 Å². The molecule has 0 saturated carbocycles. The monoisotopic (exact) mass is 387 g/mol. The first-order valence-electron chi connectivity index (χ1n) is 9.41. The van der Waals surface area contributed by atoms with E-state index >= 15 is 0 Å². The molecular formula is C22H26ClNO3. The number of aliphatic hydroxyl groups is 1. The Balaban J connectivity index is 1.57. The lowest BCUT2D eigenvalue weighted by atomic mass is 9.78. The molecule has 0 radical (unpaired) electrons. The van der Waals surface area contributed by atoms with Crippen LogP contribution in [0.25, 0.3) is 0 Å². The highest BCUT2D eigenvalue weighted by atomic mass is 35.5. The molecule has 0 aromatic heterocycles. The van der Waals surface area contributed by atoms with Crippen molar-refractivity contribution < 1.29 is 14.6 Å². The summed E-state index contributed by atoms with van der Waals surface area (Å²) in [5, 5.41) is 10.7. The molecule has 0 aliphatic carbocycles. The number of aliphatic hydroxyl groups excluding tert-OH is 1. The number of benzene rings is 2. The van der Waals surface area contributed by atoms with Gasteiger partial charge in [-0.1, -0.05) is 41.9 Å². The third-order valence-electron chi connectivity index (χ3n) is 5.24. The van der Waals surface area contributed by atoms with Crippen molar-refractivity contribution in [3.63, 3.8) is 0 Å². The molecule has 2 aromatic rings. The molecule has 0 bridgehead atoms. The molecule has 1 N–H and O–H groups in total. The van der Waals surface area contributed by atoms with E-state index in [4.69, 9.17) is 16.3 Å². The van der Waals surface area contributed by atoms with Crippen LogP contribution in [0.3, 0.4) is 0 Å². The third-order valence-corrected chi connectivity index (χ3v) is 5.47. The Kier molecular flexibility index (Phi) is 6.75. The molecule has 144 valence electrons. The summed E-state index contributed by atoms with van der Waals surface area (Å²) in [4.78, 5) is 14.6. The number of hydrogen-bond acceptors (Lipinski definition) is 3. The zero-order valence-corrected chi connectivity index (χ0v) is 16.2. The molecule has 4 nitrogen and oxygen atoms in total. The molecule has 1 aliphatic heterocycles. The Morgan fingerprint density at radius 3 is 2.74 bits per heavy atom. The van der Waals surface area contributed by atoms with Crippen LogP contribution < -0.4 is 4.74 Å². The molecule has 0 spiro atoms. The highest BCUT2D eigenvalue weighted by molar-refractivity contribution is 6.30. The fraction of sp³-hybridized carbons (Fsp3) is 0.409. The summed E-state index contributed by atoms with van der Waals surface area (Å²) >= 11 is 6.02. The number of nitrogens with zero attached hydrogens (tertiary/aromatic N) is 1. The predicted molar refractivity (Wildman–Crippen MR) is 107 cm³/mol. The van der Waals surface area contributed by atoms with Gasteiger partial charge in [-0.25, -0.2) is 0 Å². The van der Waals surface area contributed by atoms with Crippen molar-refractivity contribution in [3.8, 4) is 5.75 Å². The van der Waals surface area contributed by atoms with Gasteiger partial charge in [-0.15, -0.1) is 0 Å². The van der Waals surface area contributed by atoms with Gasteiger partial charge in [-0.05, 0) is 49.1 Å². The second kappa shape index (κ2) is 9.25. The highest BCUT2D eigenvalue weighted by Crippen LogP contribution is 2.33. The number of likely N-dealkylation sites (tertiary alicyclic amines) is 1. The van der Waals surface area contributed by atoms with Crippen LogP contribution in [0.4, 0.5) is 0 Å². The van der Waals surface area contributed by atoms with Crippen molar-refractivity contribution in [2.75, 3.05) is 26.3 Å². The first-order valence-corrected chi connectivity index (χ1v) is 9.79. The number of carbonyl (C=O) groups is 1. The average Bonchev–Trinajstić information content (AvgIpc) is 2.69. The number of piperidine rings is 1. The summed E-state index contributed by atoms with van der Waals surface area (Å²) in [6.45, 7) is 1.90. The number of rotatable bonds is 7. The van der Waals surface area contributed by atoms with Crippen LogP contribution in [0.5, 0.6) is 5.75 Å². The summed E-state index contributed by atoms with van der Waals surface area (Å²) in [7, 11) is 0. The van der Waals surface area contributed by atoms with Crippen molar-refractivity contribution >= 4 is 17.5 Å². The topological polar surface area (TPSA) is 49.8 Å². The first kappa shape index (κ1) is 19.7. The van der Waals surface area contributed by atoms with Crippen molar-refractivity contribution in [1.29, 1.82) is 0 Å². The van der Waals surface area contributed by atoms with E-state index in [0.29, 0.717) is 24.6 Å². The molecule has 5 heteroatoms. The zero-order valence-electron chi connectivity index (χ0n) is 15.4. The molecule has 1 aliphatic rings. The number of ether oxygens (including phenoxy) is 1. The van der Waals surface area contributed by atoms with Gasteiger partial charge in [0.25, 0.3) is 0 Å². The van der Waals surface area contributed by atoms with Gasteiger partial charge in [0.2, 0.25) is 5.91 Å². The molecule has 1 amide bonds. The largest absolute Gasteiger partial charge is 0.494 e. The van der Waals surface area contributed by atoms with Gasteiger partial charge < -0.3 is 14.7 Å². The maximum atomic E-state index is 12.7. The SMILES string of the molecule is O=C(Cc1cccc(Cl)c1)N1CCC[C@@](CO)(CCOc2ccccc2)C1. The standard InChI is InChI=1S/C22H26ClNO3/c23-19-7-4-6-18(14-19)15-21(26)24-12-5-10-22(16-24,17-25)11-13-27-20-8-2-1-3-9-20/h1-4,6-9,14,25H,5,10-13,15-17H2/t22-/m1/s1. The van der Waals surface area contributed by atoms with Crippen molar-refractivity contribution in [2.45, 2.75) is 25.7 Å². The molecule has 3 rings (SSSR count). The van der Waals surface area contributed by atoms with Crippen LogP contribution in [0.1, 0.15) is 24.8 Å². The normalized spacial score (nSPS) is 19.7. The second-order valence-electron chi connectivity index (χ2n) is 7.30. The number of para-hydroxylation sites is 1. The molecule has 1 atom stereocenters. The van der Waals surface area contributed by atoms with Crippen molar-refractivity contribution in [1.82, 2.24) is 4.90 Å². The van der Waals surface area contributed by atoms with E-state index in [1.54, 1.807) is 6.07 Å². The minimum Gasteiger partial charge on any atom is -0.494 e. The van der Waals surface area contributed by atoms with E-state index < -0.39 is 0 Å². The number of hydrogen-bond donors (Lipinski definition) is 1. The summed E-state index contributed by atoms with van der Waals surface area (Å²) in [5.41, 5.74) is 0.622. The minimum atomic E-state index is -0.295. The van der Waals surface area contributed by atoms with Crippen LogP contribution in [0.15, 0.2) is 54.6 Å². The van der Waals surface area contributed by atoms with Gasteiger partial charge in [0.1, 0.15) is 5.75 Å². The van der Waals surface area contributed by atoms with Gasteiger partial charge in [-0.2, -0.15) is 0 Å². The molecule has 1 heterocycles. The molecule has 1 fully saturated rings. The maximum Gasteiger partial charge on any atom is 0.227 e. The lowest BCUT2D eigenvalue weighted by molar-refractivity contribution is -0.135. The van der Waals surface area contributed by atoms with Crippen LogP contribution in [0.2, 0.25) is 5.02 Å². The second-order valence-corrected chi connectivity index (χ2v) is 7.73. The molecular weight excluding hydrogens is 362 g/mol. The van der Waals surface area contributed by atoms with E-state index in [0.717, 1.165) is 37.1 Å². The number of halogens is 1. The lowest BCUT2D eigenvalue weighted by Crippen LogP contribution is -2.49. The van der Waals surface area contributed by atoms with Crippen LogP contribution in [-0.2, 0) is 11.2 Å². The van der Waals surface area contributed by atoms with E-state index in [2.05, 4.69) is 0 Å². The van der Waals surface area contributed by atoms with Crippen molar-refractivity contribution in [2.24, 2.45) is 5.41 Å². The van der Waals surface area contributed by atoms with Gasteiger partial charge in [0, 0.05) is 23.5 Å². The Hall–Kier alpha value is -2.04. The fourth-order valence-corrected chi connectivity index (χ4v) is 3.88. The third kappa shape index (κ3) is 5.47. The summed E-state index contributed by atoms with van der Waals surface area (Å²) in [5.74, 6) is 0.911. The van der Waals surface area contributed by atoms with E-state index in [1.165, 1.54) is 0 Å². The van der Waals surface area contributed by atoms with Gasteiger partial charge in [0.15, 0.2) is 0 Å². The highest BCUT2D eigenvalue weighted by Gasteiger charge is 2.36. The fourth-order valence-electron chi connectivity index (χ4n) is 3.67. The minimum absolute atomic E-state index is 0.0616. The van der Waals surface area contributed by atoms with Gasteiger partial charge >= 0.3 is 0 Å². The predicted octanol–water partition coefficient (Wildman–Crippen LogP) is 3.95. The Morgan fingerprint density at radius 2 is 2.00 bits per heavy atom. The first-order chi connectivity index (χ1) is 13.1. The lowest BCUT2D eigenvalue weighted by Gasteiger charge is -2.42. The van der Waals surface area contributed by atoms with E-state index in [-0.39, 0.29) is 17.9 Å². The molecule has 1 saturated heterocycles. The molecule has 0 unspecified atom stereocenters. The van der Waals surface area contributed by atoms with Crippen LogP contribution >= 0.6 is 11.6 Å². The maximum absolute atomic E-state index is 12.7. The number of carbonyl (C=O) groups excluding carboxylic acids is 1. The van der Waals surface area contributed by atoms with E-state index in [1.807, 2.05) is 53.4 Å². The number of amides is 1. The Bertz CT molecular complexity index is 752. The Labute approximate surface area is 165 Å². The molecule has 2 aromatic carbocycles.